The largest absolute Gasteiger partial charge is 0.477 e. The van der Waals surface area contributed by atoms with Crippen LogP contribution in [0.25, 0.3) is 0 Å². The van der Waals surface area contributed by atoms with Gasteiger partial charge in [-0.3, -0.25) is 4.79 Å². The van der Waals surface area contributed by atoms with Gasteiger partial charge in [0.05, 0.1) is 19.5 Å². The molecule has 0 bridgehead atoms. The Morgan fingerprint density at radius 1 is 1.32 bits per heavy atom. The van der Waals surface area contributed by atoms with Crippen molar-refractivity contribution in [1.82, 2.24) is 14.9 Å². The molecule has 0 unspecified atom stereocenters. The van der Waals surface area contributed by atoms with Crippen LogP contribution in [0.3, 0.4) is 0 Å². The van der Waals surface area contributed by atoms with Crippen molar-refractivity contribution >= 4 is 11.9 Å². The number of carboxylic acids is 1. The van der Waals surface area contributed by atoms with Gasteiger partial charge in [0.2, 0.25) is 0 Å². The molecule has 0 fully saturated rings. The van der Waals surface area contributed by atoms with E-state index in [-0.39, 0.29) is 11.4 Å². The van der Waals surface area contributed by atoms with Crippen LogP contribution in [0.5, 0.6) is 0 Å². The van der Waals surface area contributed by atoms with Crippen molar-refractivity contribution < 1.29 is 24.2 Å². The number of carbonyl (C=O) groups excluding carboxylic acids is 1. The highest BCUT2D eigenvalue weighted by Gasteiger charge is 2.24. The van der Waals surface area contributed by atoms with Gasteiger partial charge < -0.3 is 24.5 Å². The van der Waals surface area contributed by atoms with Crippen molar-refractivity contribution in [2.45, 2.75) is 0 Å². The number of nitrogens with one attached hydrogen (secondary N) is 1. The number of aromatic carboxylic acids is 1. The minimum Gasteiger partial charge on any atom is -0.477 e. The van der Waals surface area contributed by atoms with Crippen LogP contribution in [0.2, 0.25) is 0 Å². The Bertz CT molecular complexity index is 424. The third kappa shape index (κ3) is 4.04. The maximum absolute atomic E-state index is 12.2. The Morgan fingerprint density at radius 2 is 1.89 bits per heavy atom. The molecule has 0 radical (unpaired) electrons. The second-order valence-corrected chi connectivity index (χ2v) is 3.71. The minimum absolute atomic E-state index is 0.111. The van der Waals surface area contributed by atoms with Crippen molar-refractivity contribution in [1.29, 1.82) is 0 Å². The molecule has 0 saturated carbocycles. The van der Waals surface area contributed by atoms with Crippen molar-refractivity contribution in [2.75, 3.05) is 40.5 Å². The molecule has 0 spiro atoms. The summed E-state index contributed by atoms with van der Waals surface area (Å²) in [5.74, 6) is -1.69. The van der Waals surface area contributed by atoms with Gasteiger partial charge in [-0.05, 0) is 0 Å². The molecule has 19 heavy (non-hydrogen) atoms. The highest BCUT2D eigenvalue weighted by molar-refractivity contribution is 6.02. The van der Waals surface area contributed by atoms with Gasteiger partial charge >= 0.3 is 5.97 Å². The molecule has 1 aromatic heterocycles. The number of methoxy groups -OCH3 is 2. The number of aromatic nitrogens is 2. The molecule has 0 aromatic carbocycles. The van der Waals surface area contributed by atoms with Crippen molar-refractivity contribution in [3.05, 3.63) is 17.7 Å². The summed E-state index contributed by atoms with van der Waals surface area (Å²) in [4.78, 5) is 30.8. The average Bonchev–Trinajstić information content (AvgIpc) is 2.87. The van der Waals surface area contributed by atoms with Crippen molar-refractivity contribution in [3.63, 3.8) is 0 Å². The van der Waals surface area contributed by atoms with Gasteiger partial charge in [-0.2, -0.15) is 0 Å². The lowest BCUT2D eigenvalue weighted by Crippen LogP contribution is -2.37. The Morgan fingerprint density at radius 3 is 2.37 bits per heavy atom. The Hall–Kier alpha value is -1.93. The zero-order valence-corrected chi connectivity index (χ0v) is 10.9. The fraction of sp³-hybridized carbons (Fsp3) is 0.545. The smallest absolute Gasteiger partial charge is 0.354 e. The molecule has 2 N–H and O–H groups in total. The molecule has 1 heterocycles. The summed E-state index contributed by atoms with van der Waals surface area (Å²) in [7, 11) is 3.05. The molecule has 8 nitrogen and oxygen atoms in total. The molecule has 0 atom stereocenters. The molecular weight excluding hydrogens is 254 g/mol. The second kappa shape index (κ2) is 7.49. The van der Waals surface area contributed by atoms with Crippen LogP contribution in [0.1, 0.15) is 21.0 Å². The van der Waals surface area contributed by atoms with E-state index in [2.05, 4.69) is 9.97 Å². The van der Waals surface area contributed by atoms with Crippen LogP contribution in [-0.4, -0.2) is 72.4 Å². The van der Waals surface area contributed by atoms with E-state index in [1.54, 1.807) is 0 Å². The molecule has 106 valence electrons. The normalized spacial score (nSPS) is 10.4. The van der Waals surface area contributed by atoms with Crippen LogP contribution in [0, 0.1) is 0 Å². The van der Waals surface area contributed by atoms with Crippen molar-refractivity contribution in [3.8, 4) is 0 Å². The summed E-state index contributed by atoms with van der Waals surface area (Å²) in [6.07, 6.45) is 1.18. The molecule has 0 aliphatic heterocycles. The number of rotatable bonds is 8. The molecule has 0 aliphatic rings. The van der Waals surface area contributed by atoms with Gasteiger partial charge in [0.1, 0.15) is 0 Å². The first-order valence-electron chi connectivity index (χ1n) is 5.65. The molecule has 1 aromatic rings. The van der Waals surface area contributed by atoms with Gasteiger partial charge in [0.25, 0.3) is 5.91 Å². The van der Waals surface area contributed by atoms with Crippen molar-refractivity contribution in [2.24, 2.45) is 0 Å². The monoisotopic (exact) mass is 271 g/mol. The maximum atomic E-state index is 12.2. The van der Waals surface area contributed by atoms with E-state index in [1.807, 2.05) is 0 Å². The van der Waals surface area contributed by atoms with E-state index in [1.165, 1.54) is 25.4 Å². The number of imidazole rings is 1. The van der Waals surface area contributed by atoms with Gasteiger partial charge in [0, 0.05) is 27.3 Å². The standard InChI is InChI=1S/C11H17N3O5/c1-18-5-3-14(4-6-19-2)10(15)8-9(11(16)17)13-7-12-8/h7H,3-6H2,1-2H3,(H,12,13)(H,16,17). The topological polar surface area (TPSA) is 105 Å². The molecule has 1 rings (SSSR count). The van der Waals surface area contributed by atoms with Gasteiger partial charge in [-0.25, -0.2) is 9.78 Å². The number of hydrogen-bond acceptors (Lipinski definition) is 5. The zero-order valence-electron chi connectivity index (χ0n) is 10.9. The second-order valence-electron chi connectivity index (χ2n) is 3.71. The van der Waals surface area contributed by atoms with Gasteiger partial charge in [-0.1, -0.05) is 0 Å². The number of aromatic amines is 1. The first-order chi connectivity index (χ1) is 9.11. The first kappa shape index (κ1) is 15.1. The lowest BCUT2D eigenvalue weighted by Gasteiger charge is -2.21. The fourth-order valence-electron chi connectivity index (χ4n) is 1.49. The molecule has 0 saturated heterocycles. The van der Waals surface area contributed by atoms with Crippen LogP contribution >= 0.6 is 0 Å². The highest BCUT2D eigenvalue weighted by Crippen LogP contribution is 2.07. The van der Waals surface area contributed by atoms with Crippen LogP contribution in [-0.2, 0) is 9.47 Å². The summed E-state index contributed by atoms with van der Waals surface area (Å²) in [5, 5.41) is 8.95. The number of carboxylic acid groups (broad SMARTS) is 1. The summed E-state index contributed by atoms with van der Waals surface area (Å²) in [5.41, 5.74) is -0.329. The Labute approximate surface area is 110 Å². The zero-order chi connectivity index (χ0) is 14.3. The summed E-state index contributed by atoms with van der Waals surface area (Å²) in [6, 6.07) is 0. The minimum atomic E-state index is -1.22. The van der Waals surface area contributed by atoms with E-state index in [0.29, 0.717) is 26.3 Å². The van der Waals surface area contributed by atoms with E-state index in [0.717, 1.165) is 0 Å². The molecule has 0 aliphatic carbocycles. The Kier molecular flexibility index (Phi) is 5.97. The van der Waals surface area contributed by atoms with Crippen LogP contribution < -0.4 is 0 Å². The number of amides is 1. The van der Waals surface area contributed by atoms with Gasteiger partial charge in [-0.15, -0.1) is 0 Å². The number of hydrogen-bond donors (Lipinski definition) is 2. The van der Waals surface area contributed by atoms with E-state index in [9.17, 15) is 9.59 Å². The quantitative estimate of drug-likeness (QED) is 0.681. The number of ether oxygens (including phenoxy) is 2. The predicted octanol–water partition coefficient (Wildman–Crippen LogP) is -0.157. The summed E-state index contributed by atoms with van der Waals surface area (Å²) in [6.45, 7) is 1.37. The van der Waals surface area contributed by atoms with Crippen LogP contribution in [0.15, 0.2) is 6.33 Å². The van der Waals surface area contributed by atoms with E-state index in [4.69, 9.17) is 14.6 Å². The Balaban J connectivity index is 2.84. The van der Waals surface area contributed by atoms with Crippen LogP contribution in [0.4, 0.5) is 0 Å². The third-order valence-electron chi connectivity index (χ3n) is 2.47. The summed E-state index contributed by atoms with van der Waals surface area (Å²) < 4.78 is 9.84. The molecule has 1 amide bonds. The average molecular weight is 271 g/mol. The SMILES string of the molecule is COCCN(CCOC)C(=O)c1nc[nH]c1C(=O)O. The molecule has 8 heteroatoms. The third-order valence-corrected chi connectivity index (χ3v) is 2.47. The summed E-state index contributed by atoms with van der Waals surface area (Å²) >= 11 is 0. The highest BCUT2D eigenvalue weighted by atomic mass is 16.5. The first-order valence-corrected chi connectivity index (χ1v) is 5.65. The predicted molar refractivity (Wildman–Crippen MR) is 65.2 cm³/mol. The lowest BCUT2D eigenvalue weighted by molar-refractivity contribution is 0.0604. The van der Waals surface area contributed by atoms with E-state index < -0.39 is 11.9 Å². The van der Waals surface area contributed by atoms with Gasteiger partial charge in [0.15, 0.2) is 11.4 Å². The van der Waals surface area contributed by atoms with E-state index >= 15 is 0 Å². The fourth-order valence-corrected chi connectivity index (χ4v) is 1.49. The lowest BCUT2D eigenvalue weighted by atomic mass is 10.3. The number of H-pyrrole nitrogens is 1. The molecular formula is C11H17N3O5. The number of nitrogens with zero attached hydrogens (tertiary/aromatic N) is 2. The number of carbonyl (C=O) groups is 2. The maximum Gasteiger partial charge on any atom is 0.354 e.